The minimum Gasteiger partial charge on any atom is -0.370 e. The smallest absolute Gasteiger partial charge is 0.186 e. The third kappa shape index (κ3) is 3.50. The van der Waals surface area contributed by atoms with Gasteiger partial charge in [0.15, 0.2) is 5.96 Å². The Morgan fingerprint density at radius 2 is 1.17 bits per heavy atom. The first-order valence-corrected chi connectivity index (χ1v) is 5.46. The van der Waals surface area contributed by atoms with Crippen LogP contribution in [0.1, 0.15) is 17.2 Å². The van der Waals surface area contributed by atoms with Crippen molar-refractivity contribution in [2.45, 2.75) is 6.04 Å². The van der Waals surface area contributed by atoms with Crippen LogP contribution in [0.3, 0.4) is 0 Å². The summed E-state index contributed by atoms with van der Waals surface area (Å²) < 4.78 is 0. The van der Waals surface area contributed by atoms with E-state index < -0.39 is 0 Å². The summed E-state index contributed by atoms with van der Waals surface area (Å²) in [5.74, 6) is 0.0997. The molecule has 0 spiro atoms. The first kappa shape index (κ1) is 14.1. The zero-order valence-electron chi connectivity index (χ0n) is 9.86. The van der Waals surface area contributed by atoms with Crippen LogP contribution in [0.15, 0.2) is 65.7 Å². The van der Waals surface area contributed by atoms with Gasteiger partial charge in [0, 0.05) is 0 Å². The maximum absolute atomic E-state index is 5.50. The van der Waals surface area contributed by atoms with Gasteiger partial charge >= 0.3 is 0 Å². The molecule has 0 saturated heterocycles. The molecule has 3 nitrogen and oxygen atoms in total. The number of halogens is 1. The summed E-state index contributed by atoms with van der Waals surface area (Å²) >= 11 is 0. The van der Waals surface area contributed by atoms with E-state index in [-0.39, 0.29) is 24.4 Å². The van der Waals surface area contributed by atoms with Crippen LogP contribution in [0.4, 0.5) is 0 Å². The quantitative estimate of drug-likeness (QED) is 0.659. The highest BCUT2D eigenvalue weighted by Crippen LogP contribution is 2.25. The van der Waals surface area contributed by atoms with Gasteiger partial charge in [0.2, 0.25) is 0 Å². The number of guanidine groups is 1. The Balaban J connectivity index is 0.00000162. The molecular formula is C14H16ClN3. The van der Waals surface area contributed by atoms with Crippen molar-refractivity contribution in [3.8, 4) is 0 Å². The molecule has 18 heavy (non-hydrogen) atoms. The van der Waals surface area contributed by atoms with Gasteiger partial charge in [-0.2, -0.15) is 0 Å². The van der Waals surface area contributed by atoms with Crippen LogP contribution in [0, 0.1) is 0 Å². The molecule has 94 valence electrons. The molecular weight excluding hydrogens is 246 g/mol. The number of rotatable bonds is 3. The molecule has 0 radical (unpaired) electrons. The summed E-state index contributed by atoms with van der Waals surface area (Å²) in [5.41, 5.74) is 13.1. The number of aliphatic imine (C=N–C) groups is 1. The lowest BCUT2D eigenvalue weighted by molar-refractivity contribution is 0.867. The average molecular weight is 262 g/mol. The first-order chi connectivity index (χ1) is 8.27. The lowest BCUT2D eigenvalue weighted by Gasteiger charge is -2.13. The molecule has 0 bridgehead atoms. The number of nitrogens with two attached hydrogens (primary N) is 2. The SMILES string of the molecule is Cl.NC(N)=NC(c1ccccc1)c1ccccc1. The van der Waals surface area contributed by atoms with Crippen LogP contribution >= 0.6 is 12.4 Å². The van der Waals surface area contributed by atoms with E-state index in [1.54, 1.807) is 0 Å². The van der Waals surface area contributed by atoms with E-state index in [9.17, 15) is 0 Å². The number of hydrogen-bond acceptors (Lipinski definition) is 1. The van der Waals surface area contributed by atoms with E-state index in [4.69, 9.17) is 11.5 Å². The molecule has 2 aromatic carbocycles. The second kappa shape index (κ2) is 6.67. The molecule has 0 fully saturated rings. The molecule has 4 N–H and O–H groups in total. The Kier molecular flexibility index (Phi) is 5.21. The monoisotopic (exact) mass is 261 g/mol. The molecule has 4 heteroatoms. The predicted molar refractivity (Wildman–Crippen MR) is 77.8 cm³/mol. The Labute approximate surface area is 113 Å². The number of hydrogen-bond donors (Lipinski definition) is 2. The minimum atomic E-state index is -0.137. The molecule has 0 heterocycles. The van der Waals surface area contributed by atoms with Crippen molar-refractivity contribution in [3.05, 3.63) is 71.8 Å². The Morgan fingerprint density at radius 3 is 1.50 bits per heavy atom. The van der Waals surface area contributed by atoms with E-state index in [1.807, 2.05) is 60.7 Å². The van der Waals surface area contributed by atoms with Gasteiger partial charge in [-0.3, -0.25) is 0 Å². The normalized spacial score (nSPS) is 9.61. The predicted octanol–water partition coefficient (Wildman–Crippen LogP) is 2.47. The molecule has 0 saturated carbocycles. The fourth-order valence-electron chi connectivity index (χ4n) is 1.76. The Hall–Kier alpha value is -2.00. The van der Waals surface area contributed by atoms with E-state index in [0.717, 1.165) is 11.1 Å². The molecule has 0 aliphatic carbocycles. The van der Waals surface area contributed by atoms with Crippen LogP contribution in [0.5, 0.6) is 0 Å². The van der Waals surface area contributed by atoms with Crippen LogP contribution in [0.25, 0.3) is 0 Å². The third-order valence-electron chi connectivity index (χ3n) is 2.51. The van der Waals surface area contributed by atoms with Crippen molar-refractivity contribution >= 4 is 18.4 Å². The van der Waals surface area contributed by atoms with Gasteiger partial charge < -0.3 is 11.5 Å². The largest absolute Gasteiger partial charge is 0.370 e. The summed E-state index contributed by atoms with van der Waals surface area (Å²) in [6, 6.07) is 19.8. The highest BCUT2D eigenvalue weighted by atomic mass is 35.5. The summed E-state index contributed by atoms with van der Waals surface area (Å²) in [6.07, 6.45) is 0. The molecule has 0 aliphatic heterocycles. The van der Waals surface area contributed by atoms with Gasteiger partial charge in [-0.1, -0.05) is 60.7 Å². The molecule has 0 aliphatic rings. The first-order valence-electron chi connectivity index (χ1n) is 5.46. The maximum atomic E-state index is 5.50. The van der Waals surface area contributed by atoms with Crippen LogP contribution in [-0.2, 0) is 0 Å². The van der Waals surface area contributed by atoms with Crippen molar-refractivity contribution in [2.24, 2.45) is 16.5 Å². The average Bonchev–Trinajstić information content (AvgIpc) is 2.38. The zero-order chi connectivity index (χ0) is 12.1. The van der Waals surface area contributed by atoms with Crippen molar-refractivity contribution in [1.29, 1.82) is 0 Å². The van der Waals surface area contributed by atoms with Gasteiger partial charge in [-0.05, 0) is 11.1 Å². The van der Waals surface area contributed by atoms with Crippen LogP contribution < -0.4 is 11.5 Å². The topological polar surface area (TPSA) is 64.4 Å². The fraction of sp³-hybridized carbons (Fsp3) is 0.0714. The van der Waals surface area contributed by atoms with E-state index in [1.165, 1.54) is 0 Å². The minimum absolute atomic E-state index is 0. The molecule has 0 aromatic heterocycles. The van der Waals surface area contributed by atoms with Gasteiger partial charge in [0.1, 0.15) is 6.04 Å². The molecule has 2 rings (SSSR count). The van der Waals surface area contributed by atoms with Gasteiger partial charge in [-0.25, -0.2) is 4.99 Å². The fourth-order valence-corrected chi connectivity index (χ4v) is 1.76. The second-order valence-corrected chi connectivity index (χ2v) is 3.78. The third-order valence-corrected chi connectivity index (χ3v) is 2.51. The standard InChI is InChI=1S/C14H15N3.ClH/c15-14(16)17-13(11-7-3-1-4-8-11)12-9-5-2-6-10-12;/h1-10,13H,(H4,15,16,17);1H. The number of benzene rings is 2. The summed E-state index contributed by atoms with van der Waals surface area (Å²) in [7, 11) is 0. The van der Waals surface area contributed by atoms with Crippen molar-refractivity contribution < 1.29 is 0 Å². The lowest BCUT2D eigenvalue weighted by Crippen LogP contribution is -2.24. The summed E-state index contributed by atoms with van der Waals surface area (Å²) in [4.78, 5) is 4.29. The van der Waals surface area contributed by atoms with Crippen molar-refractivity contribution in [2.75, 3.05) is 0 Å². The Morgan fingerprint density at radius 1 is 0.778 bits per heavy atom. The summed E-state index contributed by atoms with van der Waals surface area (Å²) in [5, 5.41) is 0. The van der Waals surface area contributed by atoms with Crippen LogP contribution in [0.2, 0.25) is 0 Å². The maximum Gasteiger partial charge on any atom is 0.186 e. The molecule has 0 unspecified atom stereocenters. The molecule has 0 amide bonds. The Bertz CT molecular complexity index is 453. The summed E-state index contributed by atoms with van der Waals surface area (Å²) in [6.45, 7) is 0. The molecule has 0 atom stereocenters. The van der Waals surface area contributed by atoms with Gasteiger partial charge in [-0.15, -0.1) is 12.4 Å². The van der Waals surface area contributed by atoms with E-state index in [2.05, 4.69) is 4.99 Å². The highest BCUT2D eigenvalue weighted by molar-refractivity contribution is 5.85. The van der Waals surface area contributed by atoms with Crippen molar-refractivity contribution in [3.63, 3.8) is 0 Å². The second-order valence-electron chi connectivity index (χ2n) is 3.78. The number of nitrogens with zero attached hydrogens (tertiary/aromatic N) is 1. The van der Waals surface area contributed by atoms with E-state index >= 15 is 0 Å². The van der Waals surface area contributed by atoms with E-state index in [0.29, 0.717) is 0 Å². The highest BCUT2D eigenvalue weighted by Gasteiger charge is 2.11. The van der Waals surface area contributed by atoms with Gasteiger partial charge in [0.25, 0.3) is 0 Å². The zero-order valence-corrected chi connectivity index (χ0v) is 10.7. The van der Waals surface area contributed by atoms with Gasteiger partial charge in [0.05, 0.1) is 0 Å². The molecule has 2 aromatic rings. The lowest BCUT2D eigenvalue weighted by atomic mass is 9.99. The van der Waals surface area contributed by atoms with Crippen molar-refractivity contribution in [1.82, 2.24) is 0 Å². The van der Waals surface area contributed by atoms with Crippen LogP contribution in [-0.4, -0.2) is 5.96 Å².